The molecular weight excluding hydrogens is 327 g/mol. The van der Waals surface area contributed by atoms with Crippen molar-refractivity contribution in [2.75, 3.05) is 0 Å². The fourth-order valence-corrected chi connectivity index (χ4v) is 2.28. The van der Waals surface area contributed by atoms with Gasteiger partial charge in [0.25, 0.3) is 0 Å². The first-order valence-corrected chi connectivity index (χ1v) is 7.38. The standard InChI is InChI=1S/C19H17FN2O.ClH/c20-18-8-6-15(10-17(18)11-21)16-7-9-19(22-12-16)23-13-14-4-2-1-3-5-14;/h1-10,12H,11,13,21H2;1H. The first kappa shape index (κ1) is 17.9. The van der Waals surface area contributed by atoms with Gasteiger partial charge in [-0.3, -0.25) is 0 Å². The minimum absolute atomic E-state index is 0. The van der Waals surface area contributed by atoms with Gasteiger partial charge in [-0.1, -0.05) is 36.4 Å². The van der Waals surface area contributed by atoms with Crippen molar-refractivity contribution in [3.63, 3.8) is 0 Å². The largest absolute Gasteiger partial charge is 0.473 e. The summed E-state index contributed by atoms with van der Waals surface area (Å²) in [5.74, 6) is 0.269. The molecule has 0 amide bonds. The molecule has 2 N–H and O–H groups in total. The molecule has 2 aromatic carbocycles. The summed E-state index contributed by atoms with van der Waals surface area (Å²) in [6.07, 6.45) is 1.72. The monoisotopic (exact) mass is 344 g/mol. The van der Waals surface area contributed by atoms with Gasteiger partial charge in [0, 0.05) is 29.9 Å². The maximum absolute atomic E-state index is 13.5. The average molecular weight is 345 g/mol. The van der Waals surface area contributed by atoms with Crippen LogP contribution in [-0.2, 0) is 13.2 Å². The molecule has 0 fully saturated rings. The fourth-order valence-electron chi connectivity index (χ4n) is 2.28. The Bertz CT molecular complexity index is 779. The van der Waals surface area contributed by atoms with Gasteiger partial charge in [0.05, 0.1) is 0 Å². The van der Waals surface area contributed by atoms with Gasteiger partial charge in [0.1, 0.15) is 12.4 Å². The molecule has 0 unspecified atom stereocenters. The molecular formula is C19H18ClFN2O. The zero-order valence-corrected chi connectivity index (χ0v) is 13.8. The van der Waals surface area contributed by atoms with E-state index in [0.29, 0.717) is 18.1 Å². The highest BCUT2D eigenvalue weighted by Gasteiger charge is 2.05. The molecule has 1 heterocycles. The van der Waals surface area contributed by atoms with Crippen LogP contribution in [0.1, 0.15) is 11.1 Å². The van der Waals surface area contributed by atoms with E-state index < -0.39 is 0 Å². The summed E-state index contributed by atoms with van der Waals surface area (Å²) >= 11 is 0. The van der Waals surface area contributed by atoms with Gasteiger partial charge in [-0.25, -0.2) is 9.37 Å². The van der Waals surface area contributed by atoms with Crippen LogP contribution in [0.15, 0.2) is 66.9 Å². The van der Waals surface area contributed by atoms with Gasteiger partial charge >= 0.3 is 0 Å². The van der Waals surface area contributed by atoms with Crippen LogP contribution >= 0.6 is 12.4 Å². The number of halogens is 2. The molecule has 5 heteroatoms. The topological polar surface area (TPSA) is 48.1 Å². The van der Waals surface area contributed by atoms with Gasteiger partial charge < -0.3 is 10.5 Å². The van der Waals surface area contributed by atoms with Gasteiger partial charge in [-0.05, 0) is 29.3 Å². The number of nitrogens with zero attached hydrogens (tertiary/aromatic N) is 1. The van der Waals surface area contributed by atoms with E-state index in [0.717, 1.165) is 16.7 Å². The first-order chi connectivity index (χ1) is 11.3. The van der Waals surface area contributed by atoms with E-state index in [4.69, 9.17) is 10.5 Å². The van der Waals surface area contributed by atoms with Crippen molar-refractivity contribution in [1.29, 1.82) is 0 Å². The third kappa shape index (κ3) is 4.31. The van der Waals surface area contributed by atoms with E-state index in [-0.39, 0.29) is 24.8 Å². The van der Waals surface area contributed by atoms with Crippen LogP contribution in [0, 0.1) is 5.82 Å². The molecule has 0 radical (unpaired) electrons. The lowest BCUT2D eigenvalue weighted by Crippen LogP contribution is -2.00. The predicted molar refractivity (Wildman–Crippen MR) is 95.5 cm³/mol. The van der Waals surface area contributed by atoms with E-state index >= 15 is 0 Å². The minimum atomic E-state index is -0.285. The lowest BCUT2D eigenvalue weighted by Gasteiger charge is -2.08. The number of hydrogen-bond acceptors (Lipinski definition) is 3. The Labute approximate surface area is 146 Å². The number of nitrogens with two attached hydrogens (primary N) is 1. The van der Waals surface area contributed by atoms with E-state index in [2.05, 4.69) is 4.98 Å². The lowest BCUT2D eigenvalue weighted by atomic mass is 10.0. The smallest absolute Gasteiger partial charge is 0.213 e. The zero-order chi connectivity index (χ0) is 16.1. The highest BCUT2D eigenvalue weighted by molar-refractivity contribution is 5.85. The van der Waals surface area contributed by atoms with Crippen LogP contribution in [0.25, 0.3) is 11.1 Å². The molecule has 0 spiro atoms. The van der Waals surface area contributed by atoms with E-state index in [1.807, 2.05) is 42.5 Å². The molecule has 124 valence electrons. The Balaban J connectivity index is 0.00000208. The molecule has 24 heavy (non-hydrogen) atoms. The van der Waals surface area contributed by atoms with Crippen molar-refractivity contribution in [2.45, 2.75) is 13.2 Å². The normalized spacial score (nSPS) is 10.1. The van der Waals surface area contributed by atoms with E-state index in [1.54, 1.807) is 18.3 Å². The van der Waals surface area contributed by atoms with Crippen molar-refractivity contribution in [1.82, 2.24) is 4.98 Å². The van der Waals surface area contributed by atoms with E-state index in [1.165, 1.54) is 6.07 Å². The highest BCUT2D eigenvalue weighted by atomic mass is 35.5. The number of rotatable bonds is 5. The molecule has 0 bridgehead atoms. The number of hydrogen-bond donors (Lipinski definition) is 1. The second-order valence-corrected chi connectivity index (χ2v) is 5.17. The summed E-state index contributed by atoms with van der Waals surface area (Å²) in [4.78, 5) is 4.30. The Morgan fingerprint density at radius 1 is 0.958 bits per heavy atom. The molecule has 0 atom stereocenters. The second-order valence-electron chi connectivity index (χ2n) is 5.17. The van der Waals surface area contributed by atoms with Gasteiger partial charge in [0.2, 0.25) is 5.88 Å². The minimum Gasteiger partial charge on any atom is -0.473 e. The average Bonchev–Trinajstić information content (AvgIpc) is 2.62. The Hall–Kier alpha value is -2.43. The molecule has 1 aromatic heterocycles. The van der Waals surface area contributed by atoms with Crippen LogP contribution in [0.2, 0.25) is 0 Å². The summed E-state index contributed by atoms with van der Waals surface area (Å²) in [5.41, 5.74) is 8.90. The van der Waals surface area contributed by atoms with E-state index in [9.17, 15) is 4.39 Å². The molecule has 0 aliphatic carbocycles. The van der Waals surface area contributed by atoms with Gasteiger partial charge in [-0.2, -0.15) is 0 Å². The summed E-state index contributed by atoms with van der Waals surface area (Å²) in [6.45, 7) is 0.645. The Morgan fingerprint density at radius 3 is 2.38 bits per heavy atom. The summed E-state index contributed by atoms with van der Waals surface area (Å²) in [7, 11) is 0. The zero-order valence-electron chi connectivity index (χ0n) is 13.0. The number of ether oxygens (including phenoxy) is 1. The van der Waals surface area contributed by atoms with Crippen LogP contribution in [0.5, 0.6) is 5.88 Å². The van der Waals surface area contributed by atoms with Crippen molar-refractivity contribution < 1.29 is 9.13 Å². The third-order valence-electron chi connectivity index (χ3n) is 3.56. The number of benzene rings is 2. The quantitative estimate of drug-likeness (QED) is 0.748. The SMILES string of the molecule is Cl.NCc1cc(-c2ccc(OCc3ccccc3)nc2)ccc1F. The van der Waals surface area contributed by atoms with Gasteiger partial charge in [0.15, 0.2) is 0 Å². The van der Waals surface area contributed by atoms with Crippen molar-refractivity contribution in [3.8, 4) is 17.0 Å². The summed E-state index contributed by atoms with van der Waals surface area (Å²) in [5, 5.41) is 0. The molecule has 0 saturated carbocycles. The molecule has 0 saturated heterocycles. The molecule has 3 rings (SSSR count). The lowest BCUT2D eigenvalue weighted by molar-refractivity contribution is 0.294. The Kier molecular flexibility index (Phi) is 6.29. The predicted octanol–water partition coefficient (Wildman–Crippen LogP) is 4.35. The molecule has 0 aliphatic heterocycles. The number of aromatic nitrogens is 1. The molecule has 0 aliphatic rings. The highest BCUT2D eigenvalue weighted by Crippen LogP contribution is 2.23. The fraction of sp³-hybridized carbons (Fsp3) is 0.105. The summed E-state index contributed by atoms with van der Waals surface area (Å²) in [6, 6.07) is 18.5. The molecule has 3 aromatic rings. The maximum atomic E-state index is 13.5. The van der Waals surface area contributed by atoms with Crippen molar-refractivity contribution in [3.05, 3.63) is 83.8 Å². The first-order valence-electron chi connectivity index (χ1n) is 7.38. The molecule has 3 nitrogen and oxygen atoms in total. The Morgan fingerprint density at radius 2 is 1.71 bits per heavy atom. The van der Waals surface area contributed by atoms with Crippen LogP contribution in [0.4, 0.5) is 4.39 Å². The number of pyridine rings is 1. The second kappa shape index (κ2) is 8.43. The van der Waals surface area contributed by atoms with Crippen LogP contribution < -0.4 is 10.5 Å². The third-order valence-corrected chi connectivity index (χ3v) is 3.56. The van der Waals surface area contributed by atoms with Crippen molar-refractivity contribution >= 4 is 12.4 Å². The summed E-state index contributed by atoms with van der Waals surface area (Å²) < 4.78 is 19.2. The maximum Gasteiger partial charge on any atom is 0.213 e. The van der Waals surface area contributed by atoms with Crippen LogP contribution in [0.3, 0.4) is 0 Å². The van der Waals surface area contributed by atoms with Crippen molar-refractivity contribution in [2.24, 2.45) is 5.73 Å². The van der Waals surface area contributed by atoms with Gasteiger partial charge in [-0.15, -0.1) is 12.4 Å². The van der Waals surface area contributed by atoms with Crippen LogP contribution in [-0.4, -0.2) is 4.98 Å².